The fraction of sp³-hybridized carbons (Fsp3) is 0.406. The molecule has 0 bridgehead atoms. The van der Waals surface area contributed by atoms with Crippen molar-refractivity contribution in [2.45, 2.75) is 31.7 Å². The summed E-state index contributed by atoms with van der Waals surface area (Å²) in [5.41, 5.74) is 2.78. The lowest BCUT2D eigenvalue weighted by atomic mass is 9.76. The summed E-state index contributed by atoms with van der Waals surface area (Å²) in [6, 6.07) is 24.4. The average molecular weight is 588 g/mol. The van der Waals surface area contributed by atoms with Gasteiger partial charge in [0.15, 0.2) is 0 Å². The molecule has 0 aliphatic carbocycles. The normalized spacial score (nSPS) is 23.1. The maximum absolute atomic E-state index is 13.5. The highest BCUT2D eigenvalue weighted by atomic mass is 79.9. The van der Waals surface area contributed by atoms with Crippen molar-refractivity contribution in [3.8, 4) is 0 Å². The van der Waals surface area contributed by atoms with Gasteiger partial charge in [-0.1, -0.05) is 64.5 Å². The average Bonchev–Trinajstić information content (AvgIpc) is 3.53. The Bertz CT molecular complexity index is 1290. The first-order valence-corrected chi connectivity index (χ1v) is 14.8. The lowest BCUT2D eigenvalue weighted by Gasteiger charge is -2.39. The number of rotatable bonds is 6. The third-order valence-corrected chi connectivity index (χ3v) is 9.56. The number of aromatic nitrogens is 1. The van der Waals surface area contributed by atoms with Gasteiger partial charge in [-0.3, -0.25) is 14.6 Å². The van der Waals surface area contributed by atoms with E-state index in [1.807, 2.05) is 35.2 Å². The van der Waals surface area contributed by atoms with Crippen molar-refractivity contribution in [3.05, 3.63) is 100 Å². The molecule has 6 rings (SSSR count). The van der Waals surface area contributed by atoms with Crippen LogP contribution in [-0.4, -0.2) is 70.8 Å². The van der Waals surface area contributed by atoms with Crippen LogP contribution in [0.4, 0.5) is 0 Å². The molecule has 3 saturated heterocycles. The van der Waals surface area contributed by atoms with Crippen molar-refractivity contribution < 1.29 is 9.59 Å². The molecule has 6 nitrogen and oxygen atoms in total. The van der Waals surface area contributed by atoms with Crippen LogP contribution in [0.5, 0.6) is 0 Å². The Morgan fingerprint density at radius 3 is 2.33 bits per heavy atom. The van der Waals surface area contributed by atoms with E-state index in [0.29, 0.717) is 36.5 Å². The van der Waals surface area contributed by atoms with Gasteiger partial charge in [-0.15, -0.1) is 0 Å². The number of amides is 2. The second kappa shape index (κ2) is 11.2. The highest BCUT2D eigenvalue weighted by molar-refractivity contribution is 9.10. The van der Waals surface area contributed by atoms with Gasteiger partial charge in [0, 0.05) is 49.3 Å². The lowest BCUT2D eigenvalue weighted by molar-refractivity contribution is -0.139. The van der Waals surface area contributed by atoms with Gasteiger partial charge in [0.05, 0.1) is 5.41 Å². The first-order chi connectivity index (χ1) is 19.0. The van der Waals surface area contributed by atoms with E-state index >= 15 is 0 Å². The van der Waals surface area contributed by atoms with Crippen molar-refractivity contribution in [2.75, 3.05) is 39.3 Å². The first kappa shape index (κ1) is 26.2. The summed E-state index contributed by atoms with van der Waals surface area (Å²) in [4.78, 5) is 37.7. The number of benzene rings is 2. The van der Waals surface area contributed by atoms with Gasteiger partial charge >= 0.3 is 0 Å². The van der Waals surface area contributed by atoms with E-state index in [9.17, 15) is 9.59 Å². The standard InChI is InChI=1S/C32H35BrN4O2/c33-27-11-9-24(10-12-27)20-36-19-15-32(31(36)39)13-17-35(18-14-32)21-26-22-37(30(38)29-8-4-5-16-34-29)23-28(26)25-6-2-1-3-7-25/h1-12,16,26,28H,13-15,17-23H2/t26-,28+/m0/s1. The molecule has 0 unspecified atom stereocenters. The topological polar surface area (TPSA) is 56.8 Å². The van der Waals surface area contributed by atoms with Crippen molar-refractivity contribution >= 4 is 27.7 Å². The number of carbonyl (C=O) groups excluding carboxylic acids is 2. The molecule has 3 fully saturated rings. The van der Waals surface area contributed by atoms with Crippen molar-refractivity contribution in [2.24, 2.45) is 11.3 Å². The number of carbonyl (C=O) groups is 2. The predicted octanol–water partition coefficient (Wildman–Crippen LogP) is 5.21. The van der Waals surface area contributed by atoms with Crippen LogP contribution in [0.1, 0.15) is 46.8 Å². The molecule has 3 aliphatic heterocycles. The Morgan fingerprint density at radius 2 is 1.62 bits per heavy atom. The highest BCUT2D eigenvalue weighted by Crippen LogP contribution is 2.43. The molecule has 1 spiro atoms. The van der Waals surface area contributed by atoms with Crippen LogP contribution < -0.4 is 0 Å². The Morgan fingerprint density at radius 1 is 0.897 bits per heavy atom. The van der Waals surface area contributed by atoms with Gasteiger partial charge in [0.1, 0.15) is 5.69 Å². The molecule has 4 heterocycles. The maximum atomic E-state index is 13.5. The quantitative estimate of drug-likeness (QED) is 0.397. The van der Waals surface area contributed by atoms with Gasteiger partial charge in [-0.25, -0.2) is 0 Å². The fourth-order valence-corrected chi connectivity index (χ4v) is 7.03. The summed E-state index contributed by atoms with van der Waals surface area (Å²) in [5, 5.41) is 0. The summed E-state index contributed by atoms with van der Waals surface area (Å²) in [6.07, 6.45) is 4.48. The monoisotopic (exact) mass is 586 g/mol. The Balaban J connectivity index is 1.10. The SMILES string of the molecule is O=C(c1ccccn1)N1C[C@H](CN2CCC3(CC2)CCN(Cc2ccc(Br)cc2)C3=O)[C@@H](c2ccccc2)C1. The second-order valence-electron chi connectivity index (χ2n) is 11.4. The van der Waals surface area contributed by atoms with E-state index in [1.165, 1.54) is 11.1 Å². The molecule has 0 saturated carbocycles. The Kier molecular flexibility index (Phi) is 7.54. The predicted molar refractivity (Wildman–Crippen MR) is 155 cm³/mol. The van der Waals surface area contributed by atoms with E-state index in [0.717, 1.165) is 56.5 Å². The Hall–Kier alpha value is -3.03. The summed E-state index contributed by atoms with van der Waals surface area (Å²) >= 11 is 3.49. The van der Waals surface area contributed by atoms with Crippen LogP contribution in [0.25, 0.3) is 0 Å². The van der Waals surface area contributed by atoms with Gasteiger partial charge in [-0.2, -0.15) is 0 Å². The van der Waals surface area contributed by atoms with Gasteiger partial charge < -0.3 is 14.7 Å². The minimum Gasteiger partial charge on any atom is -0.338 e. The van der Waals surface area contributed by atoms with Crippen LogP contribution in [-0.2, 0) is 11.3 Å². The molecule has 39 heavy (non-hydrogen) atoms. The number of hydrogen-bond donors (Lipinski definition) is 0. The molecule has 2 aromatic carbocycles. The number of nitrogens with zero attached hydrogens (tertiary/aromatic N) is 4. The van der Waals surface area contributed by atoms with E-state index < -0.39 is 0 Å². The Labute approximate surface area is 239 Å². The lowest BCUT2D eigenvalue weighted by Crippen LogP contribution is -2.46. The van der Waals surface area contributed by atoms with Crippen LogP contribution in [0.3, 0.4) is 0 Å². The van der Waals surface area contributed by atoms with Crippen molar-refractivity contribution in [3.63, 3.8) is 0 Å². The number of halogens is 1. The molecule has 7 heteroatoms. The van der Waals surface area contributed by atoms with Crippen molar-refractivity contribution in [1.29, 1.82) is 0 Å². The number of hydrogen-bond acceptors (Lipinski definition) is 4. The zero-order valence-corrected chi connectivity index (χ0v) is 23.8. The maximum Gasteiger partial charge on any atom is 0.272 e. The number of likely N-dealkylation sites (tertiary alicyclic amines) is 3. The van der Waals surface area contributed by atoms with Crippen LogP contribution in [0.15, 0.2) is 83.5 Å². The van der Waals surface area contributed by atoms with Gasteiger partial charge in [0.25, 0.3) is 5.91 Å². The van der Waals surface area contributed by atoms with E-state index in [4.69, 9.17) is 0 Å². The summed E-state index contributed by atoms with van der Waals surface area (Å²) in [5.74, 6) is 0.992. The molecule has 1 aromatic heterocycles. The highest BCUT2D eigenvalue weighted by Gasteiger charge is 2.48. The first-order valence-electron chi connectivity index (χ1n) is 14.0. The molecular formula is C32H35BrN4O2. The minimum atomic E-state index is -0.207. The van der Waals surface area contributed by atoms with Crippen LogP contribution in [0, 0.1) is 11.3 Å². The molecule has 202 valence electrons. The van der Waals surface area contributed by atoms with E-state index in [-0.39, 0.29) is 11.3 Å². The van der Waals surface area contributed by atoms with E-state index in [2.05, 4.69) is 67.1 Å². The molecule has 2 atom stereocenters. The zero-order chi connectivity index (χ0) is 26.8. The zero-order valence-electron chi connectivity index (χ0n) is 22.2. The number of pyridine rings is 1. The largest absolute Gasteiger partial charge is 0.338 e. The fourth-order valence-electron chi connectivity index (χ4n) is 6.76. The molecule has 0 radical (unpaired) electrons. The third kappa shape index (κ3) is 5.52. The van der Waals surface area contributed by atoms with Crippen LogP contribution >= 0.6 is 15.9 Å². The third-order valence-electron chi connectivity index (χ3n) is 9.03. The summed E-state index contributed by atoms with van der Waals surface area (Å²) < 4.78 is 1.06. The smallest absolute Gasteiger partial charge is 0.272 e. The van der Waals surface area contributed by atoms with Crippen molar-refractivity contribution in [1.82, 2.24) is 19.7 Å². The molecular weight excluding hydrogens is 552 g/mol. The second-order valence-corrected chi connectivity index (χ2v) is 12.3. The van der Waals surface area contributed by atoms with E-state index in [1.54, 1.807) is 12.3 Å². The summed E-state index contributed by atoms with van der Waals surface area (Å²) in [7, 11) is 0. The van der Waals surface area contributed by atoms with Gasteiger partial charge in [0.2, 0.25) is 5.91 Å². The van der Waals surface area contributed by atoms with Gasteiger partial charge in [-0.05, 0) is 73.7 Å². The molecule has 2 amide bonds. The molecule has 3 aromatic rings. The molecule has 3 aliphatic rings. The minimum absolute atomic E-state index is 0.0130. The number of piperidine rings is 1. The summed E-state index contributed by atoms with van der Waals surface area (Å²) in [6.45, 7) is 5.80. The van der Waals surface area contributed by atoms with Crippen LogP contribution in [0.2, 0.25) is 0 Å². The molecule has 0 N–H and O–H groups in total.